The van der Waals surface area contributed by atoms with Gasteiger partial charge in [0.2, 0.25) is 0 Å². The van der Waals surface area contributed by atoms with Crippen LogP contribution in [0.2, 0.25) is 0 Å². The van der Waals surface area contributed by atoms with E-state index in [1.807, 2.05) is 19.0 Å². The molecule has 0 aromatic carbocycles. The third-order valence-corrected chi connectivity index (χ3v) is 0.952. The van der Waals surface area contributed by atoms with Gasteiger partial charge in [-0.1, -0.05) is 0 Å². The molecule has 0 atom stereocenters. The fraction of sp³-hybridized carbons (Fsp3) is 0.833. The van der Waals surface area contributed by atoms with Gasteiger partial charge in [-0.25, -0.2) is 5.32 Å². The molecule has 10 heavy (non-hydrogen) atoms. The average molecular weight is 145 g/mol. The monoisotopic (exact) mass is 145 g/mol. The van der Waals surface area contributed by atoms with Crippen molar-refractivity contribution in [3.63, 3.8) is 0 Å². The number of rotatable bonds is 5. The summed E-state index contributed by atoms with van der Waals surface area (Å²) in [5.41, 5.74) is 0. The van der Waals surface area contributed by atoms with E-state index < -0.39 is 5.97 Å². The van der Waals surface area contributed by atoms with Crippen molar-refractivity contribution in [3.05, 3.63) is 0 Å². The first-order chi connectivity index (χ1) is 4.63. The second kappa shape index (κ2) is 5.20. The topological polar surface area (TPSA) is 54.6 Å². The number of nitrogens with zero attached hydrogens (tertiary/aromatic N) is 2. The number of hydrogen-bond donors (Lipinski definition) is 1. The fourth-order valence-electron chi connectivity index (χ4n) is 0.445. The Morgan fingerprint density at radius 2 is 2.20 bits per heavy atom. The molecule has 0 aliphatic rings. The lowest BCUT2D eigenvalue weighted by Crippen LogP contribution is -2.25. The third kappa shape index (κ3) is 7.39. The van der Waals surface area contributed by atoms with Crippen LogP contribution in [0.25, 0.3) is 0 Å². The van der Waals surface area contributed by atoms with Gasteiger partial charge < -0.3 is 10.0 Å². The third-order valence-electron chi connectivity index (χ3n) is 0.952. The van der Waals surface area contributed by atoms with Crippen LogP contribution in [0, 0.1) is 0 Å². The van der Waals surface area contributed by atoms with E-state index in [1.165, 1.54) is 0 Å². The van der Waals surface area contributed by atoms with Crippen LogP contribution in [0.1, 0.15) is 0 Å². The van der Waals surface area contributed by atoms with Crippen LogP contribution >= 0.6 is 0 Å². The Morgan fingerprint density at radius 3 is 2.60 bits per heavy atom. The molecule has 1 radical (unpaired) electrons. The van der Waals surface area contributed by atoms with E-state index in [0.29, 0.717) is 6.54 Å². The number of hydrogen-bond acceptors (Lipinski definition) is 2. The van der Waals surface area contributed by atoms with E-state index in [9.17, 15) is 4.79 Å². The summed E-state index contributed by atoms with van der Waals surface area (Å²) in [4.78, 5) is 11.9. The largest absolute Gasteiger partial charge is 0.480 e. The highest BCUT2D eigenvalue weighted by Gasteiger charge is 1.95. The zero-order valence-electron chi connectivity index (χ0n) is 6.37. The highest BCUT2D eigenvalue weighted by Crippen LogP contribution is 1.71. The molecule has 0 fully saturated rings. The van der Waals surface area contributed by atoms with Crippen molar-refractivity contribution in [3.8, 4) is 0 Å². The summed E-state index contributed by atoms with van der Waals surface area (Å²) < 4.78 is 0. The Balaban J connectivity index is 2.98. The summed E-state index contributed by atoms with van der Waals surface area (Å²) in [7, 11) is 3.85. The summed E-state index contributed by atoms with van der Waals surface area (Å²) >= 11 is 0. The van der Waals surface area contributed by atoms with Crippen LogP contribution in [0.5, 0.6) is 0 Å². The zero-order chi connectivity index (χ0) is 7.98. The maximum absolute atomic E-state index is 9.94. The number of carbonyl (C=O) groups is 1. The van der Waals surface area contributed by atoms with Crippen LogP contribution < -0.4 is 5.32 Å². The van der Waals surface area contributed by atoms with Crippen molar-refractivity contribution >= 4 is 5.97 Å². The molecule has 0 aromatic heterocycles. The Bertz CT molecular complexity index is 104. The minimum absolute atomic E-state index is 0.0756. The summed E-state index contributed by atoms with van der Waals surface area (Å²) in [6.07, 6.45) is 0. The first-order valence-corrected chi connectivity index (χ1v) is 3.12. The summed E-state index contributed by atoms with van der Waals surface area (Å²) in [6, 6.07) is 0. The average Bonchev–Trinajstić information content (AvgIpc) is 1.79. The Labute approximate surface area is 60.8 Å². The van der Waals surface area contributed by atoms with Crippen molar-refractivity contribution in [2.75, 3.05) is 33.7 Å². The van der Waals surface area contributed by atoms with E-state index >= 15 is 0 Å². The molecule has 4 nitrogen and oxygen atoms in total. The number of carboxylic acids is 1. The van der Waals surface area contributed by atoms with Crippen molar-refractivity contribution in [2.24, 2.45) is 0 Å². The van der Waals surface area contributed by atoms with Gasteiger partial charge in [-0.2, -0.15) is 0 Å². The lowest BCUT2D eigenvalue weighted by atomic mass is 10.5. The van der Waals surface area contributed by atoms with Crippen molar-refractivity contribution in [1.82, 2.24) is 10.2 Å². The van der Waals surface area contributed by atoms with Gasteiger partial charge in [-0.3, -0.25) is 4.79 Å². The molecule has 0 amide bonds. The van der Waals surface area contributed by atoms with Gasteiger partial charge >= 0.3 is 5.97 Å². The summed E-state index contributed by atoms with van der Waals surface area (Å²) in [5.74, 6) is -0.862. The van der Waals surface area contributed by atoms with E-state index in [2.05, 4.69) is 5.32 Å². The van der Waals surface area contributed by atoms with E-state index in [-0.39, 0.29) is 6.54 Å². The van der Waals surface area contributed by atoms with Crippen molar-refractivity contribution in [1.29, 1.82) is 0 Å². The zero-order valence-corrected chi connectivity index (χ0v) is 6.37. The summed E-state index contributed by atoms with van der Waals surface area (Å²) in [5, 5.41) is 11.9. The lowest BCUT2D eigenvalue weighted by molar-refractivity contribution is -0.136. The fourth-order valence-corrected chi connectivity index (χ4v) is 0.445. The molecule has 0 saturated heterocycles. The van der Waals surface area contributed by atoms with E-state index in [0.717, 1.165) is 6.54 Å². The predicted molar refractivity (Wildman–Crippen MR) is 38.1 cm³/mol. The molecule has 0 bridgehead atoms. The van der Waals surface area contributed by atoms with Crippen molar-refractivity contribution < 1.29 is 9.90 Å². The molecule has 1 N–H and O–H groups in total. The number of likely N-dealkylation sites (N-methyl/N-ethyl adjacent to an activating group) is 1. The van der Waals surface area contributed by atoms with Crippen LogP contribution in [0.15, 0.2) is 0 Å². The van der Waals surface area contributed by atoms with E-state index in [1.54, 1.807) is 0 Å². The predicted octanol–water partition coefficient (Wildman–Crippen LogP) is -0.763. The van der Waals surface area contributed by atoms with E-state index in [4.69, 9.17) is 5.11 Å². The number of carboxylic acid groups (broad SMARTS) is 1. The SMILES string of the molecule is CN(C)CC[N]CC(=O)O. The molecular formula is C6H13N2O2. The molecule has 0 spiro atoms. The van der Waals surface area contributed by atoms with Crippen LogP contribution in [0.4, 0.5) is 0 Å². The first-order valence-electron chi connectivity index (χ1n) is 3.12. The Kier molecular flexibility index (Phi) is 4.88. The molecule has 59 valence electrons. The smallest absolute Gasteiger partial charge is 0.319 e. The molecule has 0 aliphatic carbocycles. The van der Waals surface area contributed by atoms with Gasteiger partial charge in [0.15, 0.2) is 0 Å². The standard InChI is InChI=1S/C6H13N2O2/c1-8(2)4-3-7-5-6(9)10/h3-5H2,1-2H3,(H,9,10). The van der Waals surface area contributed by atoms with Gasteiger partial charge in [0.1, 0.15) is 6.54 Å². The van der Waals surface area contributed by atoms with Crippen LogP contribution in [-0.4, -0.2) is 49.7 Å². The maximum Gasteiger partial charge on any atom is 0.319 e. The van der Waals surface area contributed by atoms with Gasteiger partial charge in [0.25, 0.3) is 0 Å². The molecule has 0 aromatic rings. The normalized spacial score (nSPS) is 10.3. The van der Waals surface area contributed by atoms with Crippen LogP contribution in [-0.2, 0) is 4.79 Å². The summed E-state index contributed by atoms with van der Waals surface area (Å²) in [6.45, 7) is 1.33. The second-order valence-corrected chi connectivity index (χ2v) is 2.30. The number of aliphatic carboxylic acids is 1. The molecule has 0 saturated carbocycles. The highest BCUT2D eigenvalue weighted by atomic mass is 16.4. The highest BCUT2D eigenvalue weighted by molar-refractivity contribution is 5.68. The molecule has 0 unspecified atom stereocenters. The van der Waals surface area contributed by atoms with Gasteiger partial charge in [-0.05, 0) is 14.1 Å². The molecular weight excluding hydrogens is 132 g/mol. The second-order valence-electron chi connectivity index (χ2n) is 2.30. The first kappa shape index (κ1) is 9.39. The molecule has 0 heterocycles. The maximum atomic E-state index is 9.94. The van der Waals surface area contributed by atoms with Crippen LogP contribution in [0.3, 0.4) is 0 Å². The van der Waals surface area contributed by atoms with Gasteiger partial charge in [0, 0.05) is 13.1 Å². The molecule has 0 aliphatic heterocycles. The van der Waals surface area contributed by atoms with Gasteiger partial charge in [0.05, 0.1) is 0 Å². The Morgan fingerprint density at radius 1 is 1.60 bits per heavy atom. The van der Waals surface area contributed by atoms with Gasteiger partial charge in [-0.15, -0.1) is 0 Å². The minimum atomic E-state index is -0.862. The molecule has 4 heteroatoms. The Hall–Kier alpha value is -0.610. The lowest BCUT2D eigenvalue weighted by Gasteiger charge is -2.07. The quantitative estimate of drug-likeness (QED) is 0.517. The minimum Gasteiger partial charge on any atom is -0.480 e. The van der Waals surface area contributed by atoms with Crippen molar-refractivity contribution in [2.45, 2.75) is 0 Å². The molecule has 0 rings (SSSR count).